The van der Waals surface area contributed by atoms with Crippen molar-refractivity contribution >= 4 is 27.8 Å². The summed E-state index contributed by atoms with van der Waals surface area (Å²) in [6, 6.07) is 6.29. The number of hydrogen-bond acceptors (Lipinski definition) is 3. The maximum absolute atomic E-state index is 11.9. The number of hydrogen-bond donors (Lipinski definition) is 2. The first-order valence-corrected chi connectivity index (χ1v) is 7.19. The Hall–Kier alpha value is -1.56. The van der Waals surface area contributed by atoms with E-state index in [4.69, 9.17) is 9.84 Å². The zero-order chi connectivity index (χ0) is 15.1. The summed E-state index contributed by atoms with van der Waals surface area (Å²) in [5.74, 6) is -0.938. The van der Waals surface area contributed by atoms with Crippen molar-refractivity contribution in [2.75, 3.05) is 0 Å². The van der Waals surface area contributed by atoms with Crippen molar-refractivity contribution in [2.24, 2.45) is 0 Å². The van der Waals surface area contributed by atoms with Gasteiger partial charge in [0.05, 0.1) is 4.47 Å². The van der Waals surface area contributed by atoms with E-state index in [2.05, 4.69) is 21.2 Å². The van der Waals surface area contributed by atoms with Crippen LogP contribution in [0.4, 0.5) is 0 Å². The van der Waals surface area contributed by atoms with Gasteiger partial charge in [0.15, 0.2) is 6.10 Å². The highest BCUT2D eigenvalue weighted by Gasteiger charge is 2.23. The van der Waals surface area contributed by atoms with Crippen LogP contribution in [0, 0.1) is 0 Å². The first-order chi connectivity index (χ1) is 9.45. The minimum atomic E-state index is -1.03. The standard InChI is InChI=1S/C14H18BrNO4/c1-3-6-11(14(18)19)16-13(17)9(2)20-12-8-5-4-7-10(12)15/h4-5,7-9,11H,3,6H2,1-2H3,(H,16,17)(H,18,19). The highest BCUT2D eigenvalue weighted by atomic mass is 79.9. The Morgan fingerprint density at radius 3 is 2.60 bits per heavy atom. The lowest BCUT2D eigenvalue weighted by Crippen LogP contribution is -2.46. The number of ether oxygens (including phenoxy) is 1. The number of para-hydroxylation sites is 1. The van der Waals surface area contributed by atoms with E-state index < -0.39 is 24.0 Å². The van der Waals surface area contributed by atoms with Crippen molar-refractivity contribution in [2.45, 2.75) is 38.8 Å². The average molecular weight is 344 g/mol. The molecule has 6 heteroatoms. The minimum absolute atomic E-state index is 0.392. The summed E-state index contributed by atoms with van der Waals surface area (Å²) in [5, 5.41) is 11.5. The third-order valence-electron chi connectivity index (χ3n) is 2.70. The topological polar surface area (TPSA) is 75.6 Å². The third-order valence-corrected chi connectivity index (χ3v) is 3.36. The molecular formula is C14H18BrNO4. The zero-order valence-corrected chi connectivity index (χ0v) is 13.0. The molecule has 0 aliphatic carbocycles. The molecule has 0 bridgehead atoms. The molecule has 110 valence electrons. The largest absolute Gasteiger partial charge is 0.480 e. The Kier molecular flexibility index (Phi) is 6.51. The van der Waals surface area contributed by atoms with E-state index in [-0.39, 0.29) is 0 Å². The summed E-state index contributed by atoms with van der Waals surface area (Å²) >= 11 is 3.32. The van der Waals surface area contributed by atoms with Gasteiger partial charge in [-0.2, -0.15) is 0 Å². The van der Waals surface area contributed by atoms with E-state index in [0.717, 1.165) is 4.47 Å². The first-order valence-electron chi connectivity index (χ1n) is 6.40. The molecule has 1 aromatic carbocycles. The van der Waals surface area contributed by atoms with E-state index in [0.29, 0.717) is 18.6 Å². The van der Waals surface area contributed by atoms with E-state index in [9.17, 15) is 9.59 Å². The molecule has 0 fully saturated rings. The van der Waals surface area contributed by atoms with Gasteiger partial charge in [-0.25, -0.2) is 4.79 Å². The molecule has 1 aromatic rings. The molecule has 2 atom stereocenters. The van der Waals surface area contributed by atoms with Gasteiger partial charge in [0.1, 0.15) is 11.8 Å². The van der Waals surface area contributed by atoms with E-state index in [1.54, 1.807) is 25.1 Å². The predicted octanol–water partition coefficient (Wildman–Crippen LogP) is 2.59. The first kappa shape index (κ1) is 16.5. The number of aliphatic carboxylic acids is 1. The number of carbonyl (C=O) groups excluding carboxylic acids is 1. The number of carboxylic acid groups (broad SMARTS) is 1. The lowest BCUT2D eigenvalue weighted by atomic mass is 10.1. The molecule has 5 nitrogen and oxygen atoms in total. The second kappa shape index (κ2) is 7.89. The molecule has 20 heavy (non-hydrogen) atoms. The highest BCUT2D eigenvalue weighted by Crippen LogP contribution is 2.24. The second-order valence-corrected chi connectivity index (χ2v) is 5.23. The van der Waals surface area contributed by atoms with Crippen molar-refractivity contribution in [1.29, 1.82) is 0 Å². The molecule has 0 heterocycles. The molecule has 0 aliphatic rings. The van der Waals surface area contributed by atoms with Gasteiger partial charge in [0.2, 0.25) is 0 Å². The summed E-state index contributed by atoms with van der Waals surface area (Å²) in [5.41, 5.74) is 0. The number of amides is 1. The minimum Gasteiger partial charge on any atom is -0.480 e. The second-order valence-electron chi connectivity index (χ2n) is 4.38. The Morgan fingerprint density at radius 2 is 2.05 bits per heavy atom. The number of halogens is 1. The van der Waals surface area contributed by atoms with Gasteiger partial charge in [-0.1, -0.05) is 25.5 Å². The van der Waals surface area contributed by atoms with Gasteiger partial charge < -0.3 is 15.2 Å². The molecule has 0 aliphatic heterocycles. The number of nitrogens with one attached hydrogen (secondary N) is 1. The number of rotatable bonds is 7. The van der Waals surface area contributed by atoms with E-state index in [1.807, 2.05) is 13.0 Å². The van der Waals surface area contributed by atoms with Crippen LogP contribution in [-0.4, -0.2) is 29.1 Å². The van der Waals surface area contributed by atoms with Crippen LogP contribution in [0.1, 0.15) is 26.7 Å². The van der Waals surface area contributed by atoms with Gasteiger partial charge in [0, 0.05) is 0 Å². The molecule has 0 saturated carbocycles. The predicted molar refractivity (Wildman–Crippen MR) is 78.7 cm³/mol. The molecule has 0 radical (unpaired) electrons. The molecular weight excluding hydrogens is 326 g/mol. The van der Waals surface area contributed by atoms with Crippen LogP contribution in [0.25, 0.3) is 0 Å². The Labute approximate surface area is 126 Å². The van der Waals surface area contributed by atoms with Crippen molar-refractivity contribution in [3.63, 3.8) is 0 Å². The van der Waals surface area contributed by atoms with Crippen LogP contribution in [0.3, 0.4) is 0 Å². The van der Waals surface area contributed by atoms with Gasteiger partial charge in [-0.05, 0) is 41.4 Å². The highest BCUT2D eigenvalue weighted by molar-refractivity contribution is 9.10. The molecule has 2 N–H and O–H groups in total. The van der Waals surface area contributed by atoms with Crippen molar-refractivity contribution in [1.82, 2.24) is 5.32 Å². The summed E-state index contributed by atoms with van der Waals surface area (Å²) in [6.07, 6.45) is 0.298. The van der Waals surface area contributed by atoms with Crippen LogP contribution in [-0.2, 0) is 9.59 Å². The lowest BCUT2D eigenvalue weighted by molar-refractivity contribution is -0.143. The number of carbonyl (C=O) groups is 2. The van der Waals surface area contributed by atoms with E-state index in [1.165, 1.54) is 0 Å². The Bertz CT molecular complexity index is 478. The molecule has 2 unspecified atom stereocenters. The normalized spacial score (nSPS) is 13.3. The fourth-order valence-corrected chi connectivity index (χ4v) is 2.00. The van der Waals surface area contributed by atoms with Gasteiger partial charge in [-0.15, -0.1) is 0 Å². The molecule has 0 spiro atoms. The Balaban J connectivity index is 2.63. The number of benzene rings is 1. The number of carboxylic acids is 1. The van der Waals surface area contributed by atoms with Crippen LogP contribution >= 0.6 is 15.9 Å². The van der Waals surface area contributed by atoms with Gasteiger partial charge >= 0.3 is 5.97 Å². The fourth-order valence-electron chi connectivity index (χ4n) is 1.62. The quantitative estimate of drug-likeness (QED) is 0.797. The van der Waals surface area contributed by atoms with Gasteiger partial charge in [0.25, 0.3) is 5.91 Å². The maximum atomic E-state index is 11.9. The van der Waals surface area contributed by atoms with Crippen LogP contribution in [0.5, 0.6) is 5.75 Å². The van der Waals surface area contributed by atoms with Crippen LogP contribution < -0.4 is 10.1 Å². The Morgan fingerprint density at radius 1 is 1.40 bits per heavy atom. The van der Waals surface area contributed by atoms with Gasteiger partial charge in [-0.3, -0.25) is 4.79 Å². The average Bonchev–Trinajstić information content (AvgIpc) is 2.40. The van der Waals surface area contributed by atoms with Crippen LogP contribution in [0.15, 0.2) is 28.7 Å². The van der Waals surface area contributed by atoms with Crippen molar-refractivity contribution < 1.29 is 19.4 Å². The summed E-state index contributed by atoms with van der Waals surface area (Å²) in [6.45, 7) is 3.45. The van der Waals surface area contributed by atoms with E-state index >= 15 is 0 Å². The molecule has 1 rings (SSSR count). The smallest absolute Gasteiger partial charge is 0.326 e. The monoisotopic (exact) mass is 343 g/mol. The fraction of sp³-hybridized carbons (Fsp3) is 0.429. The van der Waals surface area contributed by atoms with Crippen molar-refractivity contribution in [3.8, 4) is 5.75 Å². The molecule has 0 aromatic heterocycles. The summed E-state index contributed by atoms with van der Waals surface area (Å²) < 4.78 is 6.25. The summed E-state index contributed by atoms with van der Waals surface area (Å²) in [4.78, 5) is 22.9. The SMILES string of the molecule is CCCC(NC(=O)C(C)Oc1ccccc1Br)C(=O)O. The van der Waals surface area contributed by atoms with Crippen molar-refractivity contribution in [3.05, 3.63) is 28.7 Å². The molecule has 0 saturated heterocycles. The zero-order valence-electron chi connectivity index (χ0n) is 11.4. The third kappa shape index (κ3) is 4.85. The lowest BCUT2D eigenvalue weighted by Gasteiger charge is -2.19. The molecule has 1 amide bonds. The summed E-state index contributed by atoms with van der Waals surface area (Å²) in [7, 11) is 0. The van der Waals surface area contributed by atoms with Crippen LogP contribution in [0.2, 0.25) is 0 Å². The maximum Gasteiger partial charge on any atom is 0.326 e.